The van der Waals surface area contributed by atoms with Crippen LogP contribution in [-0.4, -0.2) is 43.4 Å². The van der Waals surface area contributed by atoms with E-state index in [1.54, 1.807) is 47.5 Å². The van der Waals surface area contributed by atoms with Crippen molar-refractivity contribution in [2.75, 3.05) is 13.1 Å². The van der Waals surface area contributed by atoms with Gasteiger partial charge in [-0.3, -0.25) is 9.78 Å². The Balaban J connectivity index is 1.28. The van der Waals surface area contributed by atoms with Gasteiger partial charge in [-0.15, -0.1) is 0 Å². The number of pyridine rings is 1. The molecule has 1 aromatic heterocycles. The topological polar surface area (TPSA) is 76.6 Å². The highest BCUT2D eigenvalue weighted by molar-refractivity contribution is 7.90. The predicted molar refractivity (Wildman–Crippen MR) is 131 cm³/mol. The lowest BCUT2D eigenvalue weighted by atomic mass is 10.0. The SMILES string of the molecule is Cc1cc(C(=O)N2CC(Oc3ccccc3)C2)ccc1CS(=O)(=O)c1cccc2cccnc12. The van der Waals surface area contributed by atoms with Crippen molar-refractivity contribution in [3.05, 3.63) is 102 Å². The molecule has 0 radical (unpaired) electrons. The molecule has 1 aliphatic heterocycles. The molecule has 3 aromatic carbocycles. The summed E-state index contributed by atoms with van der Waals surface area (Å²) in [4.78, 5) is 19.1. The van der Waals surface area contributed by atoms with Crippen LogP contribution in [0.15, 0.2) is 90.0 Å². The highest BCUT2D eigenvalue weighted by Gasteiger charge is 2.33. The van der Waals surface area contributed by atoms with Gasteiger partial charge in [-0.1, -0.05) is 42.5 Å². The molecular formula is C27H24N2O4S. The monoisotopic (exact) mass is 472 g/mol. The molecule has 0 atom stereocenters. The van der Waals surface area contributed by atoms with Gasteiger partial charge in [-0.2, -0.15) is 0 Å². The van der Waals surface area contributed by atoms with Crippen molar-refractivity contribution in [1.82, 2.24) is 9.88 Å². The van der Waals surface area contributed by atoms with Crippen molar-refractivity contribution in [2.24, 2.45) is 0 Å². The number of amides is 1. The molecule has 4 aromatic rings. The summed E-state index contributed by atoms with van der Waals surface area (Å²) in [7, 11) is -3.62. The molecular weight excluding hydrogens is 448 g/mol. The fourth-order valence-electron chi connectivity index (χ4n) is 4.15. The van der Waals surface area contributed by atoms with Gasteiger partial charge in [0.1, 0.15) is 11.9 Å². The van der Waals surface area contributed by atoms with Crippen LogP contribution in [0.25, 0.3) is 10.9 Å². The average molecular weight is 473 g/mol. The minimum absolute atomic E-state index is 0.0221. The fraction of sp³-hybridized carbons (Fsp3) is 0.185. The average Bonchev–Trinajstić information content (AvgIpc) is 2.82. The van der Waals surface area contributed by atoms with Crippen LogP contribution in [-0.2, 0) is 15.6 Å². The zero-order chi connectivity index (χ0) is 23.7. The van der Waals surface area contributed by atoms with E-state index < -0.39 is 9.84 Å². The second-order valence-electron chi connectivity index (χ2n) is 8.49. The minimum atomic E-state index is -3.62. The Morgan fingerprint density at radius 1 is 1.00 bits per heavy atom. The number of hydrogen-bond donors (Lipinski definition) is 0. The smallest absolute Gasteiger partial charge is 0.254 e. The first-order chi connectivity index (χ1) is 16.4. The van der Waals surface area contributed by atoms with E-state index in [0.717, 1.165) is 16.7 Å². The number of likely N-dealkylation sites (tertiary alicyclic amines) is 1. The van der Waals surface area contributed by atoms with Crippen LogP contribution >= 0.6 is 0 Å². The molecule has 34 heavy (non-hydrogen) atoms. The first-order valence-electron chi connectivity index (χ1n) is 11.1. The predicted octanol–water partition coefficient (Wildman–Crippen LogP) is 4.42. The quantitative estimate of drug-likeness (QED) is 0.415. The fourth-order valence-corrected chi connectivity index (χ4v) is 5.79. The van der Waals surface area contributed by atoms with Gasteiger partial charge < -0.3 is 9.64 Å². The Kier molecular flexibility index (Phi) is 5.79. The number of ether oxygens (including phenoxy) is 1. The Morgan fingerprint density at radius 3 is 2.53 bits per heavy atom. The van der Waals surface area contributed by atoms with E-state index >= 15 is 0 Å². The van der Waals surface area contributed by atoms with E-state index in [1.165, 1.54) is 0 Å². The Bertz CT molecular complexity index is 1460. The van der Waals surface area contributed by atoms with E-state index in [1.807, 2.05) is 49.4 Å². The number of aromatic nitrogens is 1. The van der Waals surface area contributed by atoms with Crippen LogP contribution in [0.1, 0.15) is 21.5 Å². The van der Waals surface area contributed by atoms with Crippen LogP contribution < -0.4 is 4.74 Å². The molecule has 5 rings (SSSR count). The molecule has 0 aliphatic carbocycles. The largest absolute Gasteiger partial charge is 0.487 e. The van der Waals surface area contributed by atoms with Crippen molar-refractivity contribution in [1.29, 1.82) is 0 Å². The molecule has 1 aliphatic rings. The third-order valence-electron chi connectivity index (χ3n) is 6.05. The Labute approximate surface area is 198 Å². The summed E-state index contributed by atoms with van der Waals surface area (Å²) in [5.74, 6) is 0.561. The number of benzene rings is 3. The van der Waals surface area contributed by atoms with Gasteiger partial charge in [0.15, 0.2) is 9.84 Å². The van der Waals surface area contributed by atoms with Crippen LogP contribution in [0.2, 0.25) is 0 Å². The maximum Gasteiger partial charge on any atom is 0.254 e. The third kappa shape index (κ3) is 4.39. The van der Waals surface area contributed by atoms with Gasteiger partial charge in [0.2, 0.25) is 0 Å². The third-order valence-corrected chi connectivity index (χ3v) is 7.74. The van der Waals surface area contributed by atoms with Gasteiger partial charge >= 0.3 is 0 Å². The van der Waals surface area contributed by atoms with Crippen molar-refractivity contribution in [3.8, 4) is 5.75 Å². The first kappa shape index (κ1) is 22.1. The van der Waals surface area contributed by atoms with Crippen molar-refractivity contribution in [3.63, 3.8) is 0 Å². The van der Waals surface area contributed by atoms with Gasteiger partial charge in [0, 0.05) is 17.1 Å². The number of fused-ring (bicyclic) bond motifs is 1. The van der Waals surface area contributed by atoms with E-state index in [4.69, 9.17) is 4.74 Å². The molecule has 1 fully saturated rings. The number of nitrogens with zero attached hydrogens (tertiary/aromatic N) is 2. The summed E-state index contributed by atoms with van der Waals surface area (Å²) < 4.78 is 32.3. The highest BCUT2D eigenvalue weighted by Crippen LogP contribution is 2.26. The van der Waals surface area contributed by atoms with Gasteiger partial charge in [0.25, 0.3) is 5.91 Å². The van der Waals surface area contributed by atoms with Gasteiger partial charge in [-0.05, 0) is 54.4 Å². The van der Waals surface area contributed by atoms with Crippen LogP contribution in [0.5, 0.6) is 5.75 Å². The zero-order valence-corrected chi connectivity index (χ0v) is 19.5. The van der Waals surface area contributed by atoms with Crippen molar-refractivity contribution >= 4 is 26.6 Å². The molecule has 172 valence electrons. The Hall–Kier alpha value is -3.71. The maximum absolute atomic E-state index is 13.2. The molecule has 2 heterocycles. The van der Waals surface area contributed by atoms with Crippen molar-refractivity contribution in [2.45, 2.75) is 23.7 Å². The number of hydrogen-bond acceptors (Lipinski definition) is 5. The lowest BCUT2D eigenvalue weighted by molar-refractivity contribution is 0.0178. The summed E-state index contributed by atoms with van der Waals surface area (Å²) in [5, 5.41) is 0.783. The normalized spacial score (nSPS) is 14.1. The Morgan fingerprint density at radius 2 is 1.76 bits per heavy atom. The number of sulfone groups is 1. The summed E-state index contributed by atoms with van der Waals surface area (Å²) >= 11 is 0. The number of carbonyl (C=O) groups excluding carboxylic acids is 1. The molecule has 0 unspecified atom stereocenters. The van der Waals surface area contributed by atoms with E-state index in [-0.39, 0.29) is 22.7 Å². The lowest BCUT2D eigenvalue weighted by Gasteiger charge is -2.39. The van der Waals surface area contributed by atoms with Crippen molar-refractivity contribution < 1.29 is 17.9 Å². The van der Waals surface area contributed by atoms with Crippen LogP contribution in [0.3, 0.4) is 0 Å². The summed E-state index contributed by atoms with van der Waals surface area (Å²) in [6.07, 6.45) is 1.57. The maximum atomic E-state index is 13.2. The minimum Gasteiger partial charge on any atom is -0.487 e. The first-order valence-corrected chi connectivity index (χ1v) is 12.7. The molecule has 0 N–H and O–H groups in total. The van der Waals surface area contributed by atoms with Crippen LogP contribution in [0, 0.1) is 6.92 Å². The summed E-state index contributed by atoms with van der Waals surface area (Å²) in [6.45, 7) is 2.88. The van der Waals surface area contributed by atoms with E-state index in [2.05, 4.69) is 4.98 Å². The molecule has 0 spiro atoms. The molecule has 7 heteroatoms. The highest BCUT2D eigenvalue weighted by atomic mass is 32.2. The number of aryl methyl sites for hydroxylation is 1. The number of carbonyl (C=O) groups is 1. The van der Waals surface area contributed by atoms with Gasteiger partial charge in [0.05, 0.1) is 29.3 Å². The van der Waals surface area contributed by atoms with E-state index in [9.17, 15) is 13.2 Å². The lowest BCUT2D eigenvalue weighted by Crippen LogP contribution is -2.56. The zero-order valence-electron chi connectivity index (χ0n) is 18.7. The standard InChI is InChI=1S/C27H24N2O4S/c1-19-15-21(27(30)29-16-24(17-29)33-23-9-3-2-4-10-23)12-13-22(19)18-34(31,32)25-11-5-7-20-8-6-14-28-26(20)25/h2-15,24H,16-18H2,1H3. The van der Waals surface area contributed by atoms with E-state index in [0.29, 0.717) is 29.7 Å². The van der Waals surface area contributed by atoms with Gasteiger partial charge in [-0.25, -0.2) is 8.42 Å². The van der Waals surface area contributed by atoms with Crippen LogP contribution in [0.4, 0.5) is 0 Å². The number of para-hydroxylation sites is 2. The second kappa shape index (κ2) is 8.91. The summed E-state index contributed by atoms with van der Waals surface area (Å²) in [5.41, 5.74) is 2.45. The second-order valence-corrected chi connectivity index (χ2v) is 10.5. The molecule has 1 amide bonds. The number of rotatable bonds is 6. The molecule has 0 saturated carbocycles. The molecule has 6 nitrogen and oxygen atoms in total. The molecule has 0 bridgehead atoms. The molecule has 1 saturated heterocycles. The summed E-state index contributed by atoms with van der Waals surface area (Å²) in [6, 6.07) is 23.6.